The van der Waals surface area contributed by atoms with E-state index in [0.29, 0.717) is 5.15 Å². The van der Waals surface area contributed by atoms with Crippen molar-refractivity contribution in [2.75, 3.05) is 11.9 Å². The molecule has 1 rings (SSSR count). The lowest BCUT2D eigenvalue weighted by molar-refractivity contribution is 1.03. The first kappa shape index (κ1) is 11.1. The molecule has 3 heteroatoms. The van der Waals surface area contributed by atoms with Crippen molar-refractivity contribution in [3.63, 3.8) is 0 Å². The van der Waals surface area contributed by atoms with Crippen LogP contribution in [0.4, 0.5) is 5.82 Å². The predicted molar refractivity (Wildman–Crippen MR) is 61.8 cm³/mol. The predicted octanol–water partition coefficient (Wildman–Crippen LogP) is 3.50. The minimum atomic E-state index is 0.525. The van der Waals surface area contributed by atoms with Crippen LogP contribution in [-0.4, -0.2) is 11.5 Å². The first-order valence-corrected chi connectivity index (χ1v) is 5.06. The number of halogens is 1. The van der Waals surface area contributed by atoms with E-state index in [9.17, 15) is 0 Å². The molecule has 0 bridgehead atoms. The smallest absolute Gasteiger partial charge is 0.131 e. The van der Waals surface area contributed by atoms with Gasteiger partial charge in [0, 0.05) is 6.54 Å². The van der Waals surface area contributed by atoms with Crippen LogP contribution in [0, 0.1) is 0 Å². The van der Waals surface area contributed by atoms with E-state index in [1.54, 1.807) is 6.07 Å². The summed E-state index contributed by atoms with van der Waals surface area (Å²) in [6.45, 7) is 5.08. The van der Waals surface area contributed by atoms with Gasteiger partial charge in [0.05, 0.1) is 0 Å². The van der Waals surface area contributed by atoms with E-state index in [0.717, 1.165) is 18.8 Å². The number of rotatable bonds is 4. The van der Waals surface area contributed by atoms with Crippen molar-refractivity contribution in [3.05, 3.63) is 35.0 Å². The molecule has 0 radical (unpaired) electrons. The van der Waals surface area contributed by atoms with Crippen LogP contribution in [0.1, 0.15) is 20.3 Å². The first-order chi connectivity index (χ1) is 6.68. The van der Waals surface area contributed by atoms with Crippen molar-refractivity contribution in [2.45, 2.75) is 20.3 Å². The molecule has 2 nitrogen and oxygen atoms in total. The molecule has 0 saturated carbocycles. The van der Waals surface area contributed by atoms with Crippen LogP contribution in [0.25, 0.3) is 0 Å². The zero-order valence-corrected chi connectivity index (χ0v) is 9.30. The molecule has 0 aliphatic rings. The molecule has 1 aromatic rings. The molecule has 0 aliphatic heterocycles. The molecule has 14 heavy (non-hydrogen) atoms. The van der Waals surface area contributed by atoms with Gasteiger partial charge in [0.25, 0.3) is 0 Å². The van der Waals surface area contributed by atoms with Crippen molar-refractivity contribution in [1.29, 1.82) is 0 Å². The molecule has 1 aromatic heterocycles. The SMILES string of the molecule is CC(C)=CCCNc1cccc(Cl)n1. The lowest BCUT2D eigenvalue weighted by atomic mass is 10.3. The van der Waals surface area contributed by atoms with Gasteiger partial charge in [-0.1, -0.05) is 29.3 Å². The molecule has 0 spiro atoms. The number of hydrogen-bond acceptors (Lipinski definition) is 2. The topological polar surface area (TPSA) is 24.9 Å². The minimum Gasteiger partial charge on any atom is -0.370 e. The summed E-state index contributed by atoms with van der Waals surface area (Å²) in [5.41, 5.74) is 1.34. The lowest BCUT2D eigenvalue weighted by Crippen LogP contribution is -2.01. The Morgan fingerprint density at radius 2 is 2.29 bits per heavy atom. The van der Waals surface area contributed by atoms with Gasteiger partial charge in [-0.3, -0.25) is 0 Å². The van der Waals surface area contributed by atoms with E-state index in [1.165, 1.54) is 5.57 Å². The van der Waals surface area contributed by atoms with E-state index in [2.05, 4.69) is 30.2 Å². The van der Waals surface area contributed by atoms with Crippen LogP contribution in [0.3, 0.4) is 0 Å². The molecule has 0 aliphatic carbocycles. The molecule has 1 heterocycles. The number of allylic oxidation sites excluding steroid dienone is 1. The zero-order chi connectivity index (χ0) is 10.4. The molecular weight excluding hydrogens is 196 g/mol. The maximum atomic E-state index is 5.75. The van der Waals surface area contributed by atoms with Crippen LogP contribution in [0.15, 0.2) is 29.8 Å². The highest BCUT2D eigenvalue weighted by Gasteiger charge is 1.92. The standard InChI is InChI=1S/C11H15ClN2/c1-9(2)5-4-8-13-11-7-3-6-10(12)14-11/h3,5-7H,4,8H2,1-2H3,(H,13,14). The van der Waals surface area contributed by atoms with Gasteiger partial charge < -0.3 is 5.32 Å². The molecule has 0 atom stereocenters. The monoisotopic (exact) mass is 210 g/mol. The second-order valence-electron chi connectivity index (χ2n) is 3.34. The minimum absolute atomic E-state index is 0.525. The van der Waals surface area contributed by atoms with Gasteiger partial charge in [-0.05, 0) is 32.4 Å². The third-order valence-corrected chi connectivity index (χ3v) is 1.93. The number of aromatic nitrogens is 1. The Kier molecular flexibility index (Phi) is 4.47. The van der Waals surface area contributed by atoms with Crippen molar-refractivity contribution < 1.29 is 0 Å². The number of anilines is 1. The van der Waals surface area contributed by atoms with Crippen LogP contribution >= 0.6 is 11.6 Å². The summed E-state index contributed by atoms with van der Waals surface area (Å²) < 4.78 is 0. The number of hydrogen-bond donors (Lipinski definition) is 1. The van der Waals surface area contributed by atoms with Crippen LogP contribution in [-0.2, 0) is 0 Å². The Hall–Kier alpha value is -1.02. The van der Waals surface area contributed by atoms with E-state index in [4.69, 9.17) is 11.6 Å². The van der Waals surface area contributed by atoms with Gasteiger partial charge in [-0.2, -0.15) is 0 Å². The molecule has 1 N–H and O–H groups in total. The van der Waals surface area contributed by atoms with Crippen LogP contribution in [0.5, 0.6) is 0 Å². The molecule has 0 fully saturated rings. The maximum absolute atomic E-state index is 5.75. The third-order valence-electron chi connectivity index (χ3n) is 1.72. The quantitative estimate of drug-likeness (QED) is 0.468. The normalized spacial score (nSPS) is 9.64. The van der Waals surface area contributed by atoms with Gasteiger partial charge in [-0.15, -0.1) is 0 Å². The first-order valence-electron chi connectivity index (χ1n) is 4.68. The van der Waals surface area contributed by atoms with E-state index in [-0.39, 0.29) is 0 Å². The number of nitrogens with one attached hydrogen (secondary N) is 1. The fraction of sp³-hybridized carbons (Fsp3) is 0.364. The van der Waals surface area contributed by atoms with Gasteiger partial charge in [0.1, 0.15) is 11.0 Å². The van der Waals surface area contributed by atoms with Crippen LogP contribution < -0.4 is 5.32 Å². The molecule has 0 unspecified atom stereocenters. The summed E-state index contributed by atoms with van der Waals surface area (Å²) in [6.07, 6.45) is 3.20. The van der Waals surface area contributed by atoms with E-state index >= 15 is 0 Å². The fourth-order valence-corrected chi connectivity index (χ4v) is 1.23. The van der Waals surface area contributed by atoms with Gasteiger partial charge >= 0.3 is 0 Å². The van der Waals surface area contributed by atoms with Crippen molar-refractivity contribution in [3.8, 4) is 0 Å². The second kappa shape index (κ2) is 5.66. The zero-order valence-electron chi connectivity index (χ0n) is 8.55. The van der Waals surface area contributed by atoms with Crippen molar-refractivity contribution >= 4 is 17.4 Å². The Morgan fingerprint density at radius 3 is 2.93 bits per heavy atom. The highest BCUT2D eigenvalue weighted by Crippen LogP contribution is 2.08. The Bertz CT molecular complexity index is 317. The molecule has 0 amide bonds. The lowest BCUT2D eigenvalue weighted by Gasteiger charge is -2.03. The van der Waals surface area contributed by atoms with Crippen molar-refractivity contribution in [2.24, 2.45) is 0 Å². The summed E-state index contributed by atoms with van der Waals surface area (Å²) in [6, 6.07) is 5.57. The summed E-state index contributed by atoms with van der Waals surface area (Å²) in [4.78, 5) is 4.12. The average molecular weight is 211 g/mol. The molecule has 0 saturated heterocycles. The van der Waals surface area contributed by atoms with Gasteiger partial charge in [-0.25, -0.2) is 4.98 Å². The Morgan fingerprint density at radius 1 is 1.50 bits per heavy atom. The highest BCUT2D eigenvalue weighted by molar-refractivity contribution is 6.29. The Balaban J connectivity index is 2.35. The summed E-state index contributed by atoms with van der Waals surface area (Å²) >= 11 is 5.75. The molecule has 0 aromatic carbocycles. The van der Waals surface area contributed by atoms with Crippen LogP contribution in [0.2, 0.25) is 5.15 Å². The summed E-state index contributed by atoms with van der Waals surface area (Å²) in [7, 11) is 0. The number of nitrogens with zero attached hydrogens (tertiary/aromatic N) is 1. The maximum Gasteiger partial charge on any atom is 0.131 e. The summed E-state index contributed by atoms with van der Waals surface area (Å²) in [5, 5.41) is 3.73. The van der Waals surface area contributed by atoms with Crippen molar-refractivity contribution in [1.82, 2.24) is 4.98 Å². The van der Waals surface area contributed by atoms with E-state index in [1.807, 2.05) is 12.1 Å². The average Bonchev–Trinajstić information content (AvgIpc) is 2.12. The van der Waals surface area contributed by atoms with Gasteiger partial charge in [0.15, 0.2) is 0 Å². The number of pyridine rings is 1. The molecule has 76 valence electrons. The van der Waals surface area contributed by atoms with Gasteiger partial charge in [0.2, 0.25) is 0 Å². The third kappa shape index (κ3) is 4.28. The van der Waals surface area contributed by atoms with E-state index < -0.39 is 0 Å². The molecular formula is C11H15ClN2. The fourth-order valence-electron chi connectivity index (χ4n) is 1.07. The second-order valence-corrected chi connectivity index (χ2v) is 3.73. The summed E-state index contributed by atoms with van der Waals surface area (Å²) in [5.74, 6) is 0.833. The highest BCUT2D eigenvalue weighted by atomic mass is 35.5. The largest absolute Gasteiger partial charge is 0.370 e. The Labute approximate surface area is 90.0 Å².